The Hall–Kier alpha value is -1.38. The maximum Gasteiger partial charge on any atom is 0.142 e. The van der Waals surface area contributed by atoms with E-state index >= 15 is 0 Å². The average molecular weight is 166 g/mol. The molecule has 4 N–H and O–H groups in total. The van der Waals surface area contributed by atoms with Gasteiger partial charge >= 0.3 is 0 Å². The van der Waals surface area contributed by atoms with E-state index in [-0.39, 0.29) is 0 Å². The minimum Gasteiger partial charge on any atom is -0.495 e. The van der Waals surface area contributed by atoms with Crippen LogP contribution in [0.15, 0.2) is 6.07 Å². The van der Waals surface area contributed by atoms with Crippen molar-refractivity contribution in [1.29, 1.82) is 0 Å². The second-order valence-corrected chi connectivity index (χ2v) is 2.85. The summed E-state index contributed by atoms with van der Waals surface area (Å²) < 4.78 is 5.08. The molecule has 0 heterocycles. The zero-order valence-electron chi connectivity index (χ0n) is 7.64. The van der Waals surface area contributed by atoms with Crippen molar-refractivity contribution in [2.45, 2.75) is 13.8 Å². The Kier molecular flexibility index (Phi) is 2.13. The smallest absolute Gasteiger partial charge is 0.142 e. The number of aryl methyl sites for hydroxylation is 1. The summed E-state index contributed by atoms with van der Waals surface area (Å²) in [5, 5.41) is 0. The number of hydrogen-bond acceptors (Lipinski definition) is 3. The molecular formula is C9H14N2O. The van der Waals surface area contributed by atoms with Crippen LogP contribution in [0.5, 0.6) is 5.75 Å². The van der Waals surface area contributed by atoms with Crippen LogP contribution in [0.2, 0.25) is 0 Å². The summed E-state index contributed by atoms with van der Waals surface area (Å²) in [6, 6.07) is 1.84. The normalized spacial score (nSPS) is 9.92. The summed E-state index contributed by atoms with van der Waals surface area (Å²) in [6.45, 7) is 3.82. The van der Waals surface area contributed by atoms with Gasteiger partial charge in [-0.1, -0.05) is 0 Å². The number of nitrogen functional groups attached to an aromatic ring is 2. The van der Waals surface area contributed by atoms with Crippen molar-refractivity contribution in [1.82, 2.24) is 0 Å². The van der Waals surface area contributed by atoms with Gasteiger partial charge < -0.3 is 16.2 Å². The number of hydrogen-bond donors (Lipinski definition) is 2. The Morgan fingerprint density at radius 2 is 1.75 bits per heavy atom. The van der Waals surface area contributed by atoms with Crippen molar-refractivity contribution in [3.63, 3.8) is 0 Å². The summed E-state index contributed by atoms with van der Waals surface area (Å²) in [4.78, 5) is 0. The fraction of sp³-hybridized carbons (Fsp3) is 0.333. The van der Waals surface area contributed by atoms with Crippen molar-refractivity contribution in [2.75, 3.05) is 18.6 Å². The molecule has 0 fully saturated rings. The molecule has 1 aromatic rings. The Labute approximate surface area is 72.3 Å². The maximum absolute atomic E-state index is 5.77. The van der Waals surface area contributed by atoms with Crippen molar-refractivity contribution in [2.24, 2.45) is 0 Å². The molecule has 3 nitrogen and oxygen atoms in total. The first kappa shape index (κ1) is 8.71. The molecule has 12 heavy (non-hydrogen) atoms. The lowest BCUT2D eigenvalue weighted by molar-refractivity contribution is 0.416. The van der Waals surface area contributed by atoms with Crippen LogP contribution < -0.4 is 16.2 Å². The lowest BCUT2D eigenvalue weighted by Crippen LogP contribution is -2.01. The molecule has 66 valence electrons. The van der Waals surface area contributed by atoms with Gasteiger partial charge in [-0.05, 0) is 31.0 Å². The first-order chi connectivity index (χ1) is 5.57. The van der Waals surface area contributed by atoms with Gasteiger partial charge in [0.15, 0.2) is 0 Å². The number of nitrogens with two attached hydrogens (primary N) is 2. The van der Waals surface area contributed by atoms with Crippen molar-refractivity contribution in [3.8, 4) is 5.75 Å². The summed E-state index contributed by atoms with van der Waals surface area (Å²) in [5.74, 6) is 0.694. The summed E-state index contributed by atoms with van der Waals surface area (Å²) in [7, 11) is 1.60. The summed E-state index contributed by atoms with van der Waals surface area (Å²) >= 11 is 0. The number of methoxy groups -OCH3 is 1. The van der Waals surface area contributed by atoms with Gasteiger partial charge in [-0.2, -0.15) is 0 Å². The van der Waals surface area contributed by atoms with E-state index < -0.39 is 0 Å². The van der Waals surface area contributed by atoms with E-state index in [0.717, 1.165) is 16.8 Å². The molecule has 1 aromatic carbocycles. The molecule has 0 amide bonds. The van der Waals surface area contributed by atoms with Crippen molar-refractivity contribution in [3.05, 3.63) is 17.2 Å². The molecule has 0 aliphatic heterocycles. The summed E-state index contributed by atoms with van der Waals surface area (Å²) in [6.07, 6.45) is 0. The molecule has 0 atom stereocenters. The largest absolute Gasteiger partial charge is 0.495 e. The first-order valence-corrected chi connectivity index (χ1v) is 3.77. The number of benzene rings is 1. The first-order valence-electron chi connectivity index (χ1n) is 3.77. The van der Waals surface area contributed by atoms with Gasteiger partial charge in [-0.25, -0.2) is 0 Å². The zero-order valence-corrected chi connectivity index (χ0v) is 7.64. The Morgan fingerprint density at radius 1 is 1.17 bits per heavy atom. The minimum absolute atomic E-state index is 0.626. The van der Waals surface area contributed by atoms with Crippen LogP contribution in [-0.2, 0) is 0 Å². The van der Waals surface area contributed by atoms with Gasteiger partial charge in [0.25, 0.3) is 0 Å². The third kappa shape index (κ3) is 1.18. The molecule has 0 aliphatic rings. The average Bonchev–Trinajstić information content (AvgIpc) is 2.08. The zero-order chi connectivity index (χ0) is 9.30. The van der Waals surface area contributed by atoms with E-state index in [4.69, 9.17) is 16.2 Å². The van der Waals surface area contributed by atoms with E-state index in [2.05, 4.69) is 0 Å². The highest BCUT2D eigenvalue weighted by molar-refractivity contribution is 5.70. The van der Waals surface area contributed by atoms with Crippen molar-refractivity contribution >= 4 is 11.4 Å². The number of anilines is 2. The third-order valence-corrected chi connectivity index (χ3v) is 2.07. The highest BCUT2D eigenvalue weighted by atomic mass is 16.5. The predicted molar refractivity (Wildman–Crippen MR) is 51.3 cm³/mol. The quantitative estimate of drug-likeness (QED) is 0.621. The van der Waals surface area contributed by atoms with Crippen LogP contribution in [0.1, 0.15) is 11.1 Å². The van der Waals surface area contributed by atoms with Crippen LogP contribution >= 0.6 is 0 Å². The molecule has 0 unspecified atom stereocenters. The van der Waals surface area contributed by atoms with Gasteiger partial charge in [0, 0.05) is 5.69 Å². The SMILES string of the molecule is COc1cc(C)c(N)c(C)c1N. The molecule has 0 spiro atoms. The van der Waals surface area contributed by atoms with Gasteiger partial charge in [0.05, 0.1) is 12.8 Å². The highest BCUT2D eigenvalue weighted by Gasteiger charge is 2.07. The number of ether oxygens (including phenoxy) is 1. The van der Waals surface area contributed by atoms with E-state index in [0.29, 0.717) is 11.4 Å². The predicted octanol–water partition coefficient (Wildman–Crippen LogP) is 1.48. The Balaban J connectivity index is 3.39. The van der Waals surface area contributed by atoms with Gasteiger partial charge in [0.1, 0.15) is 5.75 Å². The van der Waals surface area contributed by atoms with Gasteiger partial charge in [-0.3, -0.25) is 0 Å². The highest BCUT2D eigenvalue weighted by Crippen LogP contribution is 2.31. The van der Waals surface area contributed by atoms with Crippen molar-refractivity contribution < 1.29 is 4.74 Å². The van der Waals surface area contributed by atoms with E-state index in [9.17, 15) is 0 Å². The molecular weight excluding hydrogens is 152 g/mol. The molecule has 0 aromatic heterocycles. The molecule has 0 radical (unpaired) electrons. The van der Waals surface area contributed by atoms with E-state index in [1.807, 2.05) is 19.9 Å². The van der Waals surface area contributed by atoms with Crippen LogP contribution in [0, 0.1) is 13.8 Å². The van der Waals surface area contributed by atoms with Crippen LogP contribution in [0.25, 0.3) is 0 Å². The summed E-state index contributed by atoms with van der Waals surface area (Å²) in [5.41, 5.74) is 14.8. The minimum atomic E-state index is 0.626. The maximum atomic E-state index is 5.77. The second kappa shape index (κ2) is 2.93. The Morgan fingerprint density at radius 3 is 2.25 bits per heavy atom. The molecule has 0 saturated heterocycles. The molecule has 1 rings (SSSR count). The second-order valence-electron chi connectivity index (χ2n) is 2.85. The topological polar surface area (TPSA) is 61.3 Å². The van der Waals surface area contributed by atoms with Crippen LogP contribution in [0.4, 0.5) is 11.4 Å². The van der Waals surface area contributed by atoms with E-state index in [1.165, 1.54) is 0 Å². The van der Waals surface area contributed by atoms with Gasteiger partial charge in [0.2, 0.25) is 0 Å². The lowest BCUT2D eigenvalue weighted by atomic mass is 10.1. The van der Waals surface area contributed by atoms with Crippen LogP contribution in [0.3, 0.4) is 0 Å². The third-order valence-electron chi connectivity index (χ3n) is 2.07. The number of rotatable bonds is 1. The fourth-order valence-corrected chi connectivity index (χ4v) is 1.15. The standard InChI is InChI=1S/C9H14N2O/c1-5-4-7(12-3)9(11)6(2)8(5)10/h4H,10-11H2,1-3H3. The Bertz CT molecular complexity index is 308. The van der Waals surface area contributed by atoms with Gasteiger partial charge in [-0.15, -0.1) is 0 Å². The monoisotopic (exact) mass is 166 g/mol. The molecule has 0 bridgehead atoms. The molecule has 0 aliphatic carbocycles. The van der Waals surface area contributed by atoms with Crippen LogP contribution in [-0.4, -0.2) is 7.11 Å². The molecule has 0 saturated carbocycles. The molecule has 3 heteroatoms. The fourth-order valence-electron chi connectivity index (χ4n) is 1.15. The van der Waals surface area contributed by atoms with E-state index in [1.54, 1.807) is 7.11 Å². The lowest BCUT2D eigenvalue weighted by Gasteiger charge is -2.11.